The number of carbonyl (C=O) groups is 1. The molecule has 4 aromatic rings. The van der Waals surface area contributed by atoms with E-state index in [2.05, 4.69) is 0 Å². The molecule has 156 valence electrons. The van der Waals surface area contributed by atoms with Gasteiger partial charge in [-0.05, 0) is 35.4 Å². The van der Waals surface area contributed by atoms with Gasteiger partial charge >= 0.3 is 5.97 Å². The second-order valence-corrected chi connectivity index (χ2v) is 7.56. The molecule has 6 nitrogen and oxygen atoms in total. The lowest BCUT2D eigenvalue weighted by atomic mass is 10.0. The molecule has 0 saturated heterocycles. The number of benzene rings is 3. The van der Waals surface area contributed by atoms with Crippen molar-refractivity contribution in [3.05, 3.63) is 76.9 Å². The number of aromatic nitrogens is 1. The summed E-state index contributed by atoms with van der Waals surface area (Å²) in [5.41, 5.74) is 3.20. The van der Waals surface area contributed by atoms with Crippen molar-refractivity contribution in [3.8, 4) is 28.4 Å². The Labute approximate surface area is 183 Å². The molecule has 0 atom stereocenters. The van der Waals surface area contributed by atoms with Gasteiger partial charge in [-0.25, -0.2) is 4.79 Å². The standard InChI is InChI=1S/C24H18ClNO5/c1-29-16-8-6-14(7-9-16)22-17-4-2-3-5-19(17)26(23(22)24(27)28)12-15-10-20-21(11-18(15)25)31-13-30-20/h2-11H,12-13H2,1H3,(H,27,28). The van der Waals surface area contributed by atoms with E-state index in [9.17, 15) is 9.90 Å². The highest BCUT2D eigenvalue weighted by Gasteiger charge is 2.25. The van der Waals surface area contributed by atoms with Crippen molar-refractivity contribution < 1.29 is 24.1 Å². The Morgan fingerprint density at radius 1 is 1.10 bits per heavy atom. The van der Waals surface area contributed by atoms with Gasteiger partial charge in [0.05, 0.1) is 13.7 Å². The quantitative estimate of drug-likeness (QED) is 0.451. The van der Waals surface area contributed by atoms with E-state index in [4.69, 9.17) is 25.8 Å². The molecule has 1 aromatic heterocycles. The Morgan fingerprint density at radius 2 is 1.81 bits per heavy atom. The molecule has 0 amide bonds. The van der Waals surface area contributed by atoms with Crippen molar-refractivity contribution in [1.29, 1.82) is 0 Å². The van der Waals surface area contributed by atoms with E-state index < -0.39 is 5.97 Å². The van der Waals surface area contributed by atoms with E-state index >= 15 is 0 Å². The Hall–Kier alpha value is -3.64. The predicted molar refractivity (Wildman–Crippen MR) is 118 cm³/mol. The Kier molecular flexibility index (Phi) is 4.71. The number of methoxy groups -OCH3 is 1. The molecule has 2 heterocycles. The lowest BCUT2D eigenvalue weighted by Gasteiger charge is -2.12. The van der Waals surface area contributed by atoms with Gasteiger partial charge in [0.1, 0.15) is 11.4 Å². The van der Waals surface area contributed by atoms with Crippen LogP contribution in [0.1, 0.15) is 16.1 Å². The normalized spacial score (nSPS) is 12.3. The monoisotopic (exact) mass is 435 g/mol. The third kappa shape index (κ3) is 3.25. The van der Waals surface area contributed by atoms with Crippen LogP contribution >= 0.6 is 11.6 Å². The number of carboxylic acids is 1. The second-order valence-electron chi connectivity index (χ2n) is 7.16. The summed E-state index contributed by atoms with van der Waals surface area (Å²) in [5.74, 6) is 0.877. The highest BCUT2D eigenvalue weighted by Crippen LogP contribution is 2.40. The van der Waals surface area contributed by atoms with Gasteiger partial charge in [-0.3, -0.25) is 0 Å². The van der Waals surface area contributed by atoms with Gasteiger partial charge in [0.2, 0.25) is 6.79 Å². The third-order valence-corrected chi connectivity index (χ3v) is 5.77. The number of hydrogen-bond donors (Lipinski definition) is 1. The summed E-state index contributed by atoms with van der Waals surface area (Å²) in [5, 5.41) is 11.5. The molecule has 0 unspecified atom stereocenters. The Morgan fingerprint density at radius 3 is 2.52 bits per heavy atom. The maximum atomic E-state index is 12.4. The van der Waals surface area contributed by atoms with E-state index in [0.717, 1.165) is 22.0 Å². The van der Waals surface area contributed by atoms with Crippen LogP contribution in [0, 0.1) is 0 Å². The maximum absolute atomic E-state index is 12.4. The number of para-hydroxylation sites is 1. The van der Waals surface area contributed by atoms with Crippen LogP contribution in [0.15, 0.2) is 60.7 Å². The molecule has 0 fully saturated rings. The topological polar surface area (TPSA) is 69.9 Å². The molecule has 0 radical (unpaired) electrons. The lowest BCUT2D eigenvalue weighted by Crippen LogP contribution is -2.11. The number of nitrogens with zero attached hydrogens (tertiary/aromatic N) is 1. The molecule has 0 aliphatic carbocycles. The average Bonchev–Trinajstić information content (AvgIpc) is 3.36. The summed E-state index contributed by atoms with van der Waals surface area (Å²) in [7, 11) is 1.60. The van der Waals surface area contributed by atoms with Gasteiger partial charge in [-0.15, -0.1) is 0 Å². The van der Waals surface area contributed by atoms with Crippen LogP contribution in [0.2, 0.25) is 5.02 Å². The molecule has 3 aromatic carbocycles. The summed E-state index contributed by atoms with van der Waals surface area (Å²) >= 11 is 6.49. The Bertz CT molecular complexity index is 1310. The first-order chi connectivity index (χ1) is 15.1. The van der Waals surface area contributed by atoms with Gasteiger partial charge in [0.25, 0.3) is 0 Å². The van der Waals surface area contributed by atoms with Crippen LogP contribution in [0.4, 0.5) is 0 Å². The molecule has 31 heavy (non-hydrogen) atoms. The molecule has 0 bridgehead atoms. The van der Waals surface area contributed by atoms with Crippen LogP contribution in [-0.4, -0.2) is 29.5 Å². The van der Waals surface area contributed by atoms with Crippen molar-refractivity contribution in [2.24, 2.45) is 0 Å². The molecule has 1 N–H and O–H groups in total. The minimum absolute atomic E-state index is 0.142. The predicted octanol–water partition coefficient (Wildman–Crippen LogP) is 5.45. The third-order valence-electron chi connectivity index (χ3n) is 5.42. The van der Waals surface area contributed by atoms with Crippen LogP contribution in [0.25, 0.3) is 22.0 Å². The molecule has 1 aliphatic heterocycles. The smallest absolute Gasteiger partial charge is 0.353 e. The van der Waals surface area contributed by atoms with Gasteiger partial charge in [0, 0.05) is 27.6 Å². The van der Waals surface area contributed by atoms with Gasteiger partial charge in [-0.1, -0.05) is 41.9 Å². The van der Waals surface area contributed by atoms with Crippen LogP contribution in [-0.2, 0) is 6.54 Å². The van der Waals surface area contributed by atoms with Gasteiger partial charge in [0.15, 0.2) is 11.5 Å². The first-order valence-corrected chi connectivity index (χ1v) is 10.0. The minimum atomic E-state index is -1.01. The lowest BCUT2D eigenvalue weighted by molar-refractivity contribution is 0.0687. The molecule has 7 heteroatoms. The fourth-order valence-electron chi connectivity index (χ4n) is 3.99. The van der Waals surface area contributed by atoms with E-state index in [0.29, 0.717) is 27.8 Å². The minimum Gasteiger partial charge on any atom is -0.497 e. The van der Waals surface area contributed by atoms with Gasteiger partial charge < -0.3 is 23.9 Å². The Balaban J connectivity index is 1.72. The number of carboxylic acid groups (broad SMARTS) is 1. The highest BCUT2D eigenvalue weighted by molar-refractivity contribution is 6.31. The first kappa shape index (κ1) is 19.3. The summed E-state index contributed by atoms with van der Waals surface area (Å²) in [6.07, 6.45) is 0. The number of halogens is 1. The van der Waals surface area contributed by atoms with Gasteiger partial charge in [-0.2, -0.15) is 0 Å². The SMILES string of the molecule is COc1ccc(-c2c(C(=O)O)n(Cc3cc4c(cc3Cl)OCO4)c3ccccc23)cc1. The number of hydrogen-bond acceptors (Lipinski definition) is 4. The van der Waals surface area contributed by atoms with E-state index in [-0.39, 0.29) is 19.0 Å². The van der Waals surface area contributed by atoms with Crippen LogP contribution < -0.4 is 14.2 Å². The van der Waals surface area contributed by atoms with Crippen molar-refractivity contribution in [2.75, 3.05) is 13.9 Å². The zero-order chi connectivity index (χ0) is 21.5. The zero-order valence-electron chi connectivity index (χ0n) is 16.6. The summed E-state index contributed by atoms with van der Waals surface area (Å²) in [6, 6.07) is 18.5. The van der Waals surface area contributed by atoms with E-state index in [1.54, 1.807) is 23.8 Å². The second kappa shape index (κ2) is 7.56. The van der Waals surface area contributed by atoms with Crippen molar-refractivity contribution >= 4 is 28.5 Å². The fourth-order valence-corrected chi connectivity index (χ4v) is 4.20. The number of fused-ring (bicyclic) bond motifs is 2. The van der Waals surface area contributed by atoms with Crippen LogP contribution in [0.5, 0.6) is 17.2 Å². The summed E-state index contributed by atoms with van der Waals surface area (Å²) < 4.78 is 17.9. The molecular weight excluding hydrogens is 418 g/mol. The molecule has 0 spiro atoms. The first-order valence-electron chi connectivity index (χ1n) is 9.64. The molecule has 5 rings (SSSR count). The van der Waals surface area contributed by atoms with E-state index in [1.807, 2.05) is 48.5 Å². The largest absolute Gasteiger partial charge is 0.497 e. The molecule has 0 saturated carbocycles. The number of aromatic carboxylic acids is 1. The summed E-state index contributed by atoms with van der Waals surface area (Å²) in [6.45, 7) is 0.414. The van der Waals surface area contributed by atoms with Crippen LogP contribution in [0.3, 0.4) is 0 Å². The van der Waals surface area contributed by atoms with Crippen molar-refractivity contribution in [3.63, 3.8) is 0 Å². The molecular formula is C24H18ClNO5. The maximum Gasteiger partial charge on any atom is 0.353 e. The van der Waals surface area contributed by atoms with Crippen molar-refractivity contribution in [1.82, 2.24) is 4.57 Å². The highest BCUT2D eigenvalue weighted by atomic mass is 35.5. The average molecular weight is 436 g/mol. The number of rotatable bonds is 5. The number of ether oxygens (including phenoxy) is 3. The fraction of sp³-hybridized carbons (Fsp3) is 0.125. The molecule has 1 aliphatic rings. The zero-order valence-corrected chi connectivity index (χ0v) is 17.3. The summed E-state index contributed by atoms with van der Waals surface area (Å²) in [4.78, 5) is 12.4. The van der Waals surface area contributed by atoms with E-state index in [1.165, 1.54) is 0 Å². The van der Waals surface area contributed by atoms with Crippen molar-refractivity contribution in [2.45, 2.75) is 6.54 Å².